The first-order valence-electron chi connectivity index (χ1n) is 10.9. The Morgan fingerprint density at radius 1 is 1.23 bits per heavy atom. The molecule has 2 aromatic carbocycles. The molecule has 5 nitrogen and oxygen atoms in total. The van der Waals surface area contributed by atoms with Crippen LogP contribution in [0, 0.1) is 17.8 Å². The lowest BCUT2D eigenvalue weighted by Gasteiger charge is -2.52. The van der Waals surface area contributed by atoms with Crippen molar-refractivity contribution in [2.24, 2.45) is 5.92 Å². The molecule has 0 radical (unpaired) electrons. The van der Waals surface area contributed by atoms with Gasteiger partial charge in [-0.05, 0) is 80.2 Å². The van der Waals surface area contributed by atoms with Crippen LogP contribution in [0.25, 0.3) is 0 Å². The summed E-state index contributed by atoms with van der Waals surface area (Å²) in [5.41, 5.74) is 4.48. The Morgan fingerprint density at radius 3 is 2.77 bits per heavy atom. The monoisotopic (exact) mass is 419 g/mol. The smallest absolute Gasteiger partial charge is 0.281 e. The highest BCUT2D eigenvalue weighted by Gasteiger charge is 2.51. The molecule has 0 aliphatic heterocycles. The van der Waals surface area contributed by atoms with E-state index in [0.29, 0.717) is 24.5 Å². The number of hydrogen-bond donors (Lipinski definition) is 3. The van der Waals surface area contributed by atoms with Crippen LogP contribution in [-0.4, -0.2) is 28.4 Å². The number of nitrogens with one attached hydrogen (secondary N) is 1. The highest BCUT2D eigenvalue weighted by atomic mass is 16.5. The molecular formula is C26H29NO4. The summed E-state index contributed by atoms with van der Waals surface area (Å²) in [4.78, 5) is 11.3. The topological polar surface area (TPSA) is 78.8 Å². The molecule has 1 amide bonds. The summed E-state index contributed by atoms with van der Waals surface area (Å²) in [6.45, 7) is 1.56. The maximum absolute atomic E-state index is 11.3. The van der Waals surface area contributed by atoms with Crippen LogP contribution in [-0.2, 0) is 23.1 Å². The van der Waals surface area contributed by atoms with E-state index in [2.05, 4.69) is 42.2 Å². The van der Waals surface area contributed by atoms with E-state index in [1.165, 1.54) is 16.7 Å². The molecule has 0 heterocycles. The minimum atomic E-state index is -0.905. The predicted octanol–water partition coefficient (Wildman–Crippen LogP) is 3.55. The van der Waals surface area contributed by atoms with Crippen molar-refractivity contribution in [3.63, 3.8) is 0 Å². The van der Waals surface area contributed by atoms with Crippen molar-refractivity contribution >= 4 is 5.91 Å². The second-order valence-electron chi connectivity index (χ2n) is 8.81. The number of rotatable bonds is 5. The first kappa shape index (κ1) is 21.4. The third-order valence-electron chi connectivity index (χ3n) is 6.94. The van der Waals surface area contributed by atoms with Gasteiger partial charge in [-0.15, -0.1) is 5.92 Å². The maximum Gasteiger partial charge on any atom is 0.281 e. The Hall–Kier alpha value is -2.81. The first-order valence-corrected chi connectivity index (χ1v) is 10.9. The molecule has 0 spiro atoms. The average Bonchev–Trinajstić information content (AvgIpc) is 2.78. The van der Waals surface area contributed by atoms with Gasteiger partial charge in [-0.1, -0.05) is 42.3 Å². The number of ether oxygens (including phenoxy) is 1. The van der Waals surface area contributed by atoms with Gasteiger partial charge in [-0.25, -0.2) is 5.48 Å². The van der Waals surface area contributed by atoms with E-state index in [0.717, 1.165) is 25.7 Å². The van der Waals surface area contributed by atoms with Crippen LogP contribution in [0.2, 0.25) is 0 Å². The summed E-state index contributed by atoms with van der Waals surface area (Å²) in [7, 11) is 0. The zero-order valence-corrected chi connectivity index (χ0v) is 17.9. The summed E-state index contributed by atoms with van der Waals surface area (Å²) >= 11 is 0. The minimum Gasteiger partial charge on any atom is -0.484 e. The zero-order chi connectivity index (χ0) is 21.9. The molecule has 0 bridgehead atoms. The first-order chi connectivity index (χ1) is 15.0. The highest BCUT2D eigenvalue weighted by molar-refractivity contribution is 5.76. The van der Waals surface area contributed by atoms with Crippen molar-refractivity contribution in [1.82, 2.24) is 5.48 Å². The summed E-state index contributed by atoms with van der Waals surface area (Å²) in [6.07, 6.45) is 5.02. The predicted molar refractivity (Wildman–Crippen MR) is 118 cm³/mol. The number of hydrogen-bond acceptors (Lipinski definition) is 4. The van der Waals surface area contributed by atoms with Gasteiger partial charge < -0.3 is 9.84 Å². The molecule has 0 saturated heterocycles. The lowest BCUT2D eigenvalue weighted by atomic mass is 9.52. The molecule has 2 aromatic rings. The van der Waals surface area contributed by atoms with E-state index >= 15 is 0 Å². The third-order valence-corrected chi connectivity index (χ3v) is 6.94. The van der Waals surface area contributed by atoms with E-state index in [1.807, 2.05) is 18.2 Å². The van der Waals surface area contributed by atoms with Gasteiger partial charge in [0.25, 0.3) is 5.91 Å². The van der Waals surface area contributed by atoms with Crippen molar-refractivity contribution in [1.29, 1.82) is 0 Å². The van der Waals surface area contributed by atoms with Gasteiger partial charge >= 0.3 is 0 Å². The molecule has 5 heteroatoms. The van der Waals surface area contributed by atoms with Crippen LogP contribution < -0.4 is 10.2 Å². The lowest BCUT2D eigenvalue weighted by molar-refractivity contribution is -0.131. The Kier molecular flexibility index (Phi) is 6.04. The molecule has 1 fully saturated rings. The lowest BCUT2D eigenvalue weighted by Crippen LogP contribution is -2.50. The standard InChI is InChI=1S/C26H29NO4/c1-2-12-25(29)13-14-26(16-19-6-4-3-5-7-19)21(17-25)9-8-20-15-22(10-11-23(20)26)31-18-24(28)27-30/h3-7,10-11,15,21,29-30H,8-9,13-14,16-18H2,1H3,(H,27,28)/t21-,25-,26+/m1/s1. The Labute approximate surface area is 183 Å². The molecule has 2 aliphatic rings. The van der Waals surface area contributed by atoms with Crippen molar-refractivity contribution in [3.8, 4) is 17.6 Å². The van der Waals surface area contributed by atoms with Crippen LogP contribution in [0.3, 0.4) is 0 Å². The fourth-order valence-corrected chi connectivity index (χ4v) is 5.57. The van der Waals surface area contributed by atoms with Crippen LogP contribution in [0.5, 0.6) is 5.75 Å². The van der Waals surface area contributed by atoms with Crippen molar-refractivity contribution in [2.75, 3.05) is 6.61 Å². The molecule has 3 atom stereocenters. The highest BCUT2D eigenvalue weighted by Crippen LogP contribution is 2.54. The number of aliphatic hydroxyl groups is 1. The summed E-state index contributed by atoms with van der Waals surface area (Å²) in [5, 5.41) is 19.8. The van der Waals surface area contributed by atoms with Crippen LogP contribution in [0.4, 0.5) is 0 Å². The molecule has 162 valence electrons. The van der Waals surface area contributed by atoms with Crippen molar-refractivity contribution < 1.29 is 19.8 Å². The second-order valence-corrected chi connectivity index (χ2v) is 8.81. The Bertz CT molecular complexity index is 1010. The number of carbonyl (C=O) groups is 1. The fraction of sp³-hybridized carbons (Fsp3) is 0.423. The van der Waals surface area contributed by atoms with Crippen LogP contribution >= 0.6 is 0 Å². The van der Waals surface area contributed by atoms with Gasteiger partial charge in [-0.2, -0.15) is 0 Å². The van der Waals surface area contributed by atoms with Gasteiger partial charge in [0.05, 0.1) is 0 Å². The van der Waals surface area contributed by atoms with Crippen LogP contribution in [0.1, 0.15) is 49.3 Å². The summed E-state index contributed by atoms with van der Waals surface area (Å²) in [5.74, 6) is 6.37. The number of hydroxylamine groups is 1. The van der Waals surface area contributed by atoms with Gasteiger partial charge in [-0.3, -0.25) is 10.0 Å². The van der Waals surface area contributed by atoms with Crippen molar-refractivity contribution in [2.45, 2.75) is 56.5 Å². The van der Waals surface area contributed by atoms with E-state index in [4.69, 9.17) is 9.94 Å². The van der Waals surface area contributed by atoms with Gasteiger partial charge in [0.1, 0.15) is 11.4 Å². The summed E-state index contributed by atoms with van der Waals surface area (Å²) < 4.78 is 5.55. The third kappa shape index (κ3) is 4.32. The number of aryl methyl sites for hydroxylation is 1. The largest absolute Gasteiger partial charge is 0.484 e. The molecule has 1 saturated carbocycles. The zero-order valence-electron chi connectivity index (χ0n) is 17.9. The molecule has 0 aromatic heterocycles. The number of fused-ring (bicyclic) bond motifs is 3. The van der Waals surface area contributed by atoms with Gasteiger partial charge in [0.15, 0.2) is 6.61 Å². The number of benzene rings is 2. The molecule has 4 rings (SSSR count). The minimum absolute atomic E-state index is 0.0579. The molecule has 2 aliphatic carbocycles. The Balaban J connectivity index is 1.70. The van der Waals surface area contributed by atoms with E-state index in [-0.39, 0.29) is 12.0 Å². The molecule has 0 unspecified atom stereocenters. The fourth-order valence-electron chi connectivity index (χ4n) is 5.57. The summed E-state index contributed by atoms with van der Waals surface area (Å²) in [6, 6.07) is 16.6. The molecule has 31 heavy (non-hydrogen) atoms. The maximum atomic E-state index is 11.3. The molecular weight excluding hydrogens is 390 g/mol. The Morgan fingerprint density at radius 2 is 2.03 bits per heavy atom. The average molecular weight is 420 g/mol. The number of carbonyl (C=O) groups excluding carboxylic acids is 1. The second kappa shape index (κ2) is 8.74. The number of amides is 1. The SMILES string of the molecule is CC#C[C@@]1(O)CC[C@@]2(Cc3ccccc3)c3ccc(OCC(=O)NO)cc3CC[C@@H]2C1. The van der Waals surface area contributed by atoms with Crippen molar-refractivity contribution in [3.05, 3.63) is 65.2 Å². The quantitative estimate of drug-likeness (QED) is 0.393. The van der Waals surface area contributed by atoms with Crippen LogP contribution in [0.15, 0.2) is 48.5 Å². The molecule has 3 N–H and O–H groups in total. The normalized spacial score (nSPS) is 26.6. The van der Waals surface area contributed by atoms with Gasteiger partial charge in [0, 0.05) is 5.41 Å². The van der Waals surface area contributed by atoms with E-state index < -0.39 is 11.5 Å². The van der Waals surface area contributed by atoms with E-state index in [9.17, 15) is 9.90 Å². The van der Waals surface area contributed by atoms with E-state index in [1.54, 1.807) is 12.4 Å². The van der Waals surface area contributed by atoms with Gasteiger partial charge in [0.2, 0.25) is 0 Å².